The first-order valence-corrected chi connectivity index (χ1v) is 21.2. The van der Waals surface area contributed by atoms with Crippen molar-refractivity contribution >= 4 is 17.8 Å². The quantitative estimate of drug-likeness (QED) is 0.0606. The van der Waals surface area contributed by atoms with E-state index in [0.29, 0.717) is 0 Å². The van der Waals surface area contributed by atoms with Gasteiger partial charge in [0.2, 0.25) is 11.8 Å². The molecule has 19 N–H and O–H groups in total. The SMILES string of the molecule is CC(=O)N[C@H]1[C@H](O[C@@H]2[C@H](O)[C@@H](O)[C@H](O[C@H]3[C@H](O)[C@@H](O)[C@H](O)O[C@@H]3CO)O[C@@H]2CO)O[C@H](CO)[C@H](O)[C@@H]1O[C@@H]1O[C@H](CO)[C@@H](O)[C@H](O[C@]2(C(=O)O)C[C@H](O)[C@@H](NC(C)=O)[C@H]([C@H](O)[C@H](O)CO)O2)[C@H]1O. The Balaban J connectivity index is 1.42. The van der Waals surface area contributed by atoms with E-state index in [9.17, 15) is 101 Å². The lowest BCUT2D eigenvalue weighted by molar-refractivity contribution is -0.388. The smallest absolute Gasteiger partial charge is 0.364 e. The Kier molecular flexibility index (Phi) is 19.7. The second kappa shape index (κ2) is 23.8. The topological polar surface area (TPSA) is 502 Å². The Bertz CT molecular complexity index is 1650. The standard InChI is InChI=1S/C37H62N2O29/c1-9(45)38-17-11(47)3-37(36(58)59,67-30(17)19(49)12(48)4-40)68-31-21(51)14(6-42)62-35(26(31)56)66-29-18(39-10(2)46)33(61-13(5-41)20(29)50)64-28-16(8-44)63-34(25(55)23(28)53)65-27-15(7-43)60-32(57)24(54)22(27)52/h11-35,40-44,47-57H,3-8H2,1-2H3,(H,38,45)(H,39,46)(H,58,59)/t11-,12+,13+,14+,15+,16+,17+,18+,19+,20-,21+,22+,23+,24+,25+,26+,27+,28-,29+,30+,31-,32+,33-,34-,35-,37-/m0/s1. The van der Waals surface area contributed by atoms with Crippen molar-refractivity contribution in [2.24, 2.45) is 0 Å². The fourth-order valence-corrected chi connectivity index (χ4v) is 8.54. The van der Waals surface area contributed by atoms with Crippen LogP contribution in [0.25, 0.3) is 0 Å². The third-order valence-corrected chi connectivity index (χ3v) is 12.1. The van der Waals surface area contributed by atoms with Crippen LogP contribution in [0, 0.1) is 0 Å². The summed E-state index contributed by atoms with van der Waals surface area (Å²) in [6, 6.07) is -3.47. The van der Waals surface area contributed by atoms with E-state index in [1.54, 1.807) is 0 Å². The number of rotatable bonds is 18. The summed E-state index contributed by atoms with van der Waals surface area (Å²) < 4.78 is 50.7. The molecule has 0 unspecified atom stereocenters. The monoisotopic (exact) mass is 998 g/mol. The van der Waals surface area contributed by atoms with Crippen LogP contribution in [0.4, 0.5) is 0 Å². The van der Waals surface area contributed by atoms with Crippen molar-refractivity contribution in [1.82, 2.24) is 10.6 Å². The van der Waals surface area contributed by atoms with Gasteiger partial charge in [-0.3, -0.25) is 9.59 Å². The molecule has 0 bridgehead atoms. The Morgan fingerprint density at radius 1 is 0.574 bits per heavy atom. The number of carbonyl (C=O) groups excluding carboxylic acids is 2. The third-order valence-electron chi connectivity index (χ3n) is 12.1. The normalized spacial score (nSPS) is 46.6. The van der Waals surface area contributed by atoms with E-state index in [-0.39, 0.29) is 0 Å². The van der Waals surface area contributed by atoms with Crippen molar-refractivity contribution in [2.45, 2.75) is 179 Å². The Morgan fingerprint density at radius 3 is 1.56 bits per heavy atom. The van der Waals surface area contributed by atoms with E-state index >= 15 is 0 Å². The maximum atomic E-state index is 13.0. The van der Waals surface area contributed by atoms with Crippen molar-refractivity contribution in [1.29, 1.82) is 0 Å². The molecule has 5 aliphatic heterocycles. The Labute approximate surface area is 384 Å². The van der Waals surface area contributed by atoms with Crippen LogP contribution in [0.3, 0.4) is 0 Å². The van der Waals surface area contributed by atoms with Crippen LogP contribution >= 0.6 is 0 Å². The van der Waals surface area contributed by atoms with Gasteiger partial charge in [0, 0.05) is 20.3 Å². The van der Waals surface area contributed by atoms with Gasteiger partial charge in [0.1, 0.15) is 116 Å². The van der Waals surface area contributed by atoms with Crippen LogP contribution in [0.15, 0.2) is 0 Å². The van der Waals surface area contributed by atoms with E-state index in [1.165, 1.54) is 0 Å². The number of amides is 2. The van der Waals surface area contributed by atoms with Gasteiger partial charge in [-0.05, 0) is 0 Å². The summed E-state index contributed by atoms with van der Waals surface area (Å²) in [5.41, 5.74) is 0. The zero-order valence-electron chi connectivity index (χ0n) is 36.2. The molecule has 5 saturated heterocycles. The average Bonchev–Trinajstić information content (AvgIpc) is 3.29. The first-order chi connectivity index (χ1) is 32.0. The van der Waals surface area contributed by atoms with E-state index in [0.717, 1.165) is 13.8 Å². The van der Waals surface area contributed by atoms with Crippen molar-refractivity contribution in [3.8, 4) is 0 Å². The summed E-state index contributed by atoms with van der Waals surface area (Å²) in [6.07, 6.45) is -47.1. The van der Waals surface area contributed by atoms with Crippen LogP contribution in [0.1, 0.15) is 20.3 Å². The molecular weight excluding hydrogens is 936 g/mol. The highest BCUT2D eigenvalue weighted by atomic mass is 16.8. The molecule has 0 saturated carbocycles. The zero-order valence-corrected chi connectivity index (χ0v) is 36.2. The molecule has 5 aliphatic rings. The Morgan fingerprint density at radius 2 is 1.03 bits per heavy atom. The maximum absolute atomic E-state index is 13.0. The zero-order chi connectivity index (χ0) is 50.7. The summed E-state index contributed by atoms with van der Waals surface area (Å²) in [4.78, 5) is 37.6. The van der Waals surface area contributed by atoms with Crippen LogP contribution in [-0.4, -0.2) is 297 Å². The number of aliphatic carboxylic acids is 1. The molecule has 0 aromatic heterocycles. The van der Waals surface area contributed by atoms with E-state index in [2.05, 4.69) is 10.6 Å². The van der Waals surface area contributed by atoms with Gasteiger partial charge in [-0.15, -0.1) is 0 Å². The molecule has 2 amide bonds. The second-order valence-electron chi connectivity index (χ2n) is 16.8. The minimum absolute atomic E-state index is 0.815. The molecule has 0 aliphatic carbocycles. The van der Waals surface area contributed by atoms with Gasteiger partial charge in [0.15, 0.2) is 25.2 Å². The van der Waals surface area contributed by atoms with Gasteiger partial charge >= 0.3 is 5.97 Å². The van der Waals surface area contributed by atoms with Gasteiger partial charge in [-0.25, -0.2) is 4.79 Å². The van der Waals surface area contributed by atoms with Crippen LogP contribution in [0.2, 0.25) is 0 Å². The number of carbonyl (C=O) groups is 3. The molecule has 5 rings (SSSR count). The lowest BCUT2D eigenvalue weighted by atomic mass is 9.88. The first-order valence-electron chi connectivity index (χ1n) is 21.2. The summed E-state index contributed by atoms with van der Waals surface area (Å²) in [7, 11) is 0. The molecule has 5 heterocycles. The highest BCUT2D eigenvalue weighted by Crippen LogP contribution is 2.39. The van der Waals surface area contributed by atoms with Crippen LogP contribution < -0.4 is 10.6 Å². The van der Waals surface area contributed by atoms with Gasteiger partial charge < -0.3 is 140 Å². The summed E-state index contributed by atoms with van der Waals surface area (Å²) in [5.74, 6) is -6.96. The number of ether oxygens (including phenoxy) is 9. The third kappa shape index (κ3) is 11.8. The predicted molar refractivity (Wildman–Crippen MR) is 207 cm³/mol. The van der Waals surface area contributed by atoms with Crippen molar-refractivity contribution in [3.63, 3.8) is 0 Å². The van der Waals surface area contributed by atoms with Gasteiger partial charge in [-0.2, -0.15) is 0 Å². The molecule has 68 heavy (non-hydrogen) atoms. The molecule has 0 aromatic rings. The predicted octanol–water partition coefficient (Wildman–Crippen LogP) is -12.4. The second-order valence-corrected chi connectivity index (χ2v) is 16.8. The Hall–Kier alpha value is -2.59. The molecule has 31 nitrogen and oxygen atoms in total. The number of carboxylic acid groups (broad SMARTS) is 1. The van der Waals surface area contributed by atoms with Crippen molar-refractivity contribution < 1.29 is 144 Å². The largest absolute Gasteiger partial charge is 0.477 e. The van der Waals surface area contributed by atoms with E-state index in [4.69, 9.17) is 42.6 Å². The number of aliphatic hydroxyl groups excluding tert-OH is 16. The molecule has 0 aromatic carbocycles. The number of aliphatic hydroxyl groups is 16. The van der Waals surface area contributed by atoms with Crippen molar-refractivity contribution in [2.75, 3.05) is 33.0 Å². The molecule has 0 radical (unpaired) electrons. The number of carboxylic acids is 1. The summed E-state index contributed by atoms with van der Waals surface area (Å²) >= 11 is 0. The lowest BCUT2D eigenvalue weighted by Gasteiger charge is -2.51. The van der Waals surface area contributed by atoms with Gasteiger partial charge in [0.05, 0.1) is 45.2 Å². The molecule has 0 spiro atoms. The number of nitrogens with one attached hydrogen (secondary N) is 2. The highest BCUT2D eigenvalue weighted by molar-refractivity contribution is 5.76. The van der Waals surface area contributed by atoms with Crippen LogP contribution in [-0.2, 0) is 57.0 Å². The minimum atomic E-state index is -3.18. The van der Waals surface area contributed by atoms with Crippen LogP contribution in [0.5, 0.6) is 0 Å². The fourth-order valence-electron chi connectivity index (χ4n) is 8.54. The molecular formula is C37H62N2O29. The lowest BCUT2D eigenvalue weighted by Crippen LogP contribution is -2.71. The molecule has 5 fully saturated rings. The maximum Gasteiger partial charge on any atom is 0.364 e. The molecule has 26 atom stereocenters. The van der Waals surface area contributed by atoms with Crippen molar-refractivity contribution in [3.05, 3.63) is 0 Å². The van der Waals surface area contributed by atoms with E-state index < -0.39 is 216 Å². The minimum Gasteiger partial charge on any atom is -0.477 e. The summed E-state index contributed by atoms with van der Waals surface area (Å²) in [5, 5.41) is 185. The fraction of sp³-hybridized carbons (Fsp3) is 0.919. The van der Waals surface area contributed by atoms with Gasteiger partial charge in [0.25, 0.3) is 5.79 Å². The molecule has 31 heteroatoms. The first kappa shape index (κ1) is 56.3. The summed E-state index contributed by atoms with van der Waals surface area (Å²) in [6.45, 7) is -3.25. The highest BCUT2D eigenvalue weighted by Gasteiger charge is 2.61. The number of hydrogen-bond donors (Lipinski definition) is 19. The number of hydrogen-bond acceptors (Lipinski definition) is 28. The molecule has 394 valence electrons. The average molecular weight is 999 g/mol. The van der Waals surface area contributed by atoms with Gasteiger partial charge in [-0.1, -0.05) is 0 Å². The van der Waals surface area contributed by atoms with E-state index in [1.807, 2.05) is 0 Å².